The van der Waals surface area contributed by atoms with Crippen LogP contribution in [0, 0.1) is 6.92 Å². The van der Waals surface area contributed by atoms with Crippen molar-refractivity contribution in [2.75, 3.05) is 31.2 Å². The highest BCUT2D eigenvalue weighted by Crippen LogP contribution is 2.27. The van der Waals surface area contributed by atoms with Crippen LogP contribution in [0.2, 0.25) is 0 Å². The lowest BCUT2D eigenvalue weighted by molar-refractivity contribution is 0.0696. The first-order valence-electron chi connectivity index (χ1n) is 10.3. The van der Waals surface area contributed by atoms with Gasteiger partial charge in [0.15, 0.2) is 5.43 Å². The summed E-state index contributed by atoms with van der Waals surface area (Å²) in [5, 5.41) is 18.4. The number of H-pyrrole nitrogens is 1. The molecule has 1 aliphatic heterocycles. The van der Waals surface area contributed by atoms with Crippen LogP contribution in [0.5, 0.6) is 0 Å². The second-order valence-corrected chi connectivity index (χ2v) is 7.70. The highest BCUT2D eigenvalue weighted by molar-refractivity contribution is 5.93. The number of aromatic nitrogens is 4. The maximum absolute atomic E-state index is 12.8. The Kier molecular flexibility index (Phi) is 4.95. The average molecular weight is 431 g/mol. The summed E-state index contributed by atoms with van der Waals surface area (Å²) >= 11 is 0. The van der Waals surface area contributed by atoms with Crippen molar-refractivity contribution in [2.45, 2.75) is 6.92 Å². The summed E-state index contributed by atoms with van der Waals surface area (Å²) in [6.45, 7) is 4.41. The number of carboxylic acid groups (broad SMARTS) is 1. The molecule has 0 saturated carbocycles. The van der Waals surface area contributed by atoms with Crippen LogP contribution >= 0.6 is 0 Å². The number of carbonyl (C=O) groups is 1. The Hall–Kier alpha value is -3.98. The molecule has 1 aliphatic rings. The van der Waals surface area contributed by atoms with Crippen molar-refractivity contribution in [1.82, 2.24) is 20.0 Å². The van der Waals surface area contributed by atoms with Gasteiger partial charge in [-0.05, 0) is 36.8 Å². The summed E-state index contributed by atoms with van der Waals surface area (Å²) in [6.07, 6.45) is 1.77. The molecule has 2 N–H and O–H groups in total. The minimum atomic E-state index is -0.968. The topological polar surface area (TPSA) is 113 Å². The van der Waals surface area contributed by atoms with E-state index < -0.39 is 5.97 Å². The van der Waals surface area contributed by atoms with E-state index in [0.29, 0.717) is 54.2 Å². The van der Waals surface area contributed by atoms with Gasteiger partial charge in [-0.25, -0.2) is 9.48 Å². The molecule has 0 amide bonds. The minimum Gasteiger partial charge on any atom is -0.478 e. The molecule has 1 saturated heterocycles. The molecule has 1 fully saturated rings. The molecule has 0 spiro atoms. The molecule has 2 aromatic heterocycles. The number of anilines is 1. The van der Waals surface area contributed by atoms with Crippen molar-refractivity contribution in [3.05, 3.63) is 70.0 Å². The first-order valence-corrected chi connectivity index (χ1v) is 10.3. The Bertz CT molecular complexity index is 1380. The molecule has 0 unspecified atom stereocenters. The molecular formula is C23H21N5O4. The van der Waals surface area contributed by atoms with Gasteiger partial charge in [-0.3, -0.25) is 4.79 Å². The zero-order valence-electron chi connectivity index (χ0n) is 17.4. The van der Waals surface area contributed by atoms with Gasteiger partial charge in [-0.2, -0.15) is 0 Å². The van der Waals surface area contributed by atoms with Crippen LogP contribution in [0.15, 0.2) is 53.5 Å². The van der Waals surface area contributed by atoms with E-state index in [1.165, 1.54) is 0 Å². The SMILES string of the molecule is Cc1cc(-n2cc(-c3cccc4c(=O)cc(N5CCOCC5)[nH]c34)nn2)ccc1C(=O)O. The number of aromatic carboxylic acids is 1. The van der Waals surface area contributed by atoms with Crippen molar-refractivity contribution < 1.29 is 14.6 Å². The van der Waals surface area contributed by atoms with E-state index in [9.17, 15) is 14.7 Å². The lowest BCUT2D eigenvalue weighted by Crippen LogP contribution is -2.37. The van der Waals surface area contributed by atoms with Crippen molar-refractivity contribution >= 4 is 22.7 Å². The Morgan fingerprint density at radius 1 is 1.16 bits per heavy atom. The molecule has 9 nitrogen and oxygen atoms in total. The summed E-state index contributed by atoms with van der Waals surface area (Å²) in [6, 6.07) is 12.1. The molecule has 32 heavy (non-hydrogen) atoms. The Labute approximate surface area is 182 Å². The van der Waals surface area contributed by atoms with Crippen molar-refractivity contribution in [2.24, 2.45) is 0 Å². The fraction of sp³-hybridized carbons (Fsp3) is 0.217. The summed E-state index contributed by atoms with van der Waals surface area (Å²) in [4.78, 5) is 29.6. The Morgan fingerprint density at radius 3 is 2.72 bits per heavy atom. The quantitative estimate of drug-likeness (QED) is 0.511. The molecule has 3 heterocycles. The largest absolute Gasteiger partial charge is 0.478 e. The number of fused-ring (bicyclic) bond motifs is 1. The molecular weight excluding hydrogens is 410 g/mol. The van der Waals surface area contributed by atoms with Crippen LogP contribution in [0.4, 0.5) is 5.82 Å². The third-order valence-electron chi connectivity index (χ3n) is 5.68. The smallest absolute Gasteiger partial charge is 0.335 e. The number of aromatic amines is 1. The minimum absolute atomic E-state index is 0.0608. The number of benzene rings is 2. The van der Waals surface area contributed by atoms with E-state index in [1.54, 1.807) is 48.1 Å². The number of hydrogen-bond donors (Lipinski definition) is 2. The fourth-order valence-electron chi connectivity index (χ4n) is 3.99. The van der Waals surface area contributed by atoms with Gasteiger partial charge in [-0.1, -0.05) is 17.3 Å². The van der Waals surface area contributed by atoms with Crippen molar-refractivity contribution in [3.63, 3.8) is 0 Å². The van der Waals surface area contributed by atoms with Crippen LogP contribution in [-0.2, 0) is 4.74 Å². The van der Waals surface area contributed by atoms with Gasteiger partial charge >= 0.3 is 5.97 Å². The molecule has 0 bridgehead atoms. The van der Waals surface area contributed by atoms with E-state index in [0.717, 1.165) is 11.4 Å². The van der Waals surface area contributed by atoms with Crippen molar-refractivity contribution in [1.29, 1.82) is 0 Å². The highest BCUT2D eigenvalue weighted by atomic mass is 16.5. The van der Waals surface area contributed by atoms with Crippen LogP contribution in [0.3, 0.4) is 0 Å². The number of para-hydroxylation sites is 1. The number of nitrogens with zero attached hydrogens (tertiary/aromatic N) is 4. The fourth-order valence-corrected chi connectivity index (χ4v) is 3.99. The summed E-state index contributed by atoms with van der Waals surface area (Å²) in [5.74, 6) is -0.213. The summed E-state index contributed by atoms with van der Waals surface area (Å²) in [5.41, 5.74) is 3.59. The van der Waals surface area contributed by atoms with Gasteiger partial charge in [-0.15, -0.1) is 5.10 Å². The normalized spacial score (nSPS) is 14.1. The van der Waals surface area contributed by atoms with E-state index in [1.807, 2.05) is 12.1 Å². The van der Waals surface area contributed by atoms with E-state index in [2.05, 4.69) is 20.2 Å². The Morgan fingerprint density at radius 2 is 1.97 bits per heavy atom. The second kappa shape index (κ2) is 7.93. The highest BCUT2D eigenvalue weighted by Gasteiger charge is 2.17. The maximum Gasteiger partial charge on any atom is 0.335 e. The lowest BCUT2D eigenvalue weighted by Gasteiger charge is -2.28. The zero-order chi connectivity index (χ0) is 22.2. The van der Waals surface area contributed by atoms with Gasteiger partial charge < -0.3 is 19.7 Å². The average Bonchev–Trinajstić information content (AvgIpc) is 3.29. The third kappa shape index (κ3) is 3.52. The first kappa shape index (κ1) is 20.0. The number of morpholine rings is 1. The first-order chi connectivity index (χ1) is 15.5. The monoisotopic (exact) mass is 431 g/mol. The lowest BCUT2D eigenvalue weighted by atomic mass is 10.1. The van der Waals surface area contributed by atoms with Gasteiger partial charge in [0, 0.05) is 30.1 Å². The number of nitrogens with one attached hydrogen (secondary N) is 1. The van der Waals surface area contributed by atoms with Gasteiger partial charge in [0.25, 0.3) is 0 Å². The number of hydrogen-bond acceptors (Lipinski definition) is 6. The predicted molar refractivity (Wildman–Crippen MR) is 120 cm³/mol. The third-order valence-corrected chi connectivity index (χ3v) is 5.68. The molecule has 5 rings (SSSR count). The predicted octanol–water partition coefficient (Wildman–Crippen LogP) is 2.62. The Balaban J connectivity index is 1.57. The van der Waals surface area contributed by atoms with Gasteiger partial charge in [0.05, 0.1) is 36.2 Å². The summed E-state index contributed by atoms with van der Waals surface area (Å²) in [7, 11) is 0. The molecule has 4 aromatic rings. The van der Waals surface area contributed by atoms with E-state index in [4.69, 9.17) is 4.74 Å². The molecule has 2 aromatic carbocycles. The zero-order valence-corrected chi connectivity index (χ0v) is 17.4. The molecule has 0 atom stereocenters. The van der Waals surface area contributed by atoms with E-state index in [-0.39, 0.29) is 11.0 Å². The number of ether oxygens (including phenoxy) is 1. The maximum atomic E-state index is 12.8. The van der Waals surface area contributed by atoms with Crippen molar-refractivity contribution in [3.8, 4) is 16.9 Å². The number of pyridine rings is 1. The van der Waals surface area contributed by atoms with Gasteiger partial charge in [0.1, 0.15) is 11.5 Å². The molecule has 162 valence electrons. The van der Waals surface area contributed by atoms with Crippen LogP contribution in [0.1, 0.15) is 15.9 Å². The second-order valence-electron chi connectivity index (χ2n) is 7.70. The summed E-state index contributed by atoms with van der Waals surface area (Å²) < 4.78 is 7.01. The number of aryl methyl sites for hydroxylation is 1. The number of carboxylic acids is 1. The van der Waals surface area contributed by atoms with E-state index >= 15 is 0 Å². The number of rotatable bonds is 4. The molecule has 0 aliphatic carbocycles. The van der Waals surface area contributed by atoms with Crippen LogP contribution < -0.4 is 10.3 Å². The van der Waals surface area contributed by atoms with Crippen LogP contribution in [-0.4, -0.2) is 57.4 Å². The van der Waals surface area contributed by atoms with Gasteiger partial charge in [0.2, 0.25) is 0 Å². The molecule has 0 radical (unpaired) electrons. The van der Waals surface area contributed by atoms with Crippen LogP contribution in [0.25, 0.3) is 27.8 Å². The standard InChI is InChI=1S/C23H21N5O4/c1-14-11-15(5-6-16(14)23(30)31)28-13-19(25-26-28)17-3-2-4-18-20(29)12-21(24-22(17)18)27-7-9-32-10-8-27/h2-6,11-13H,7-10H2,1H3,(H,24,29)(H,30,31). The molecule has 9 heteroatoms.